The molecule has 1 fully saturated rings. The van der Waals surface area contributed by atoms with Crippen LogP contribution in [0.3, 0.4) is 0 Å². The number of piperidine rings is 1. The van der Waals surface area contributed by atoms with Crippen LogP contribution in [0.1, 0.15) is 49.0 Å². The average Bonchev–Trinajstić information content (AvgIpc) is 2.83. The predicted octanol–water partition coefficient (Wildman–Crippen LogP) is 1.31. The zero-order valence-corrected chi connectivity index (χ0v) is 10.4. The Morgan fingerprint density at radius 2 is 2.33 bits per heavy atom. The number of rotatable bonds is 2. The van der Waals surface area contributed by atoms with E-state index in [1.165, 1.54) is 6.42 Å². The van der Waals surface area contributed by atoms with Crippen molar-refractivity contribution in [1.82, 2.24) is 14.9 Å². The molecule has 0 saturated carbocycles. The van der Waals surface area contributed by atoms with Gasteiger partial charge in [0.1, 0.15) is 11.7 Å². The molecule has 2 unspecified atom stereocenters. The summed E-state index contributed by atoms with van der Waals surface area (Å²) in [6, 6.07) is 0. The van der Waals surface area contributed by atoms with Crippen LogP contribution in [0.4, 0.5) is 0 Å². The second kappa shape index (κ2) is 4.72. The number of carbonyl (C=O) groups is 1. The molecular formula is C13H19N3O2. The highest BCUT2D eigenvalue weighted by atomic mass is 16.4. The van der Waals surface area contributed by atoms with E-state index in [-0.39, 0.29) is 0 Å². The third-order valence-corrected chi connectivity index (χ3v) is 4.04. The Morgan fingerprint density at radius 1 is 1.44 bits per heavy atom. The number of hydrogen-bond donors (Lipinski definition) is 2. The first-order chi connectivity index (χ1) is 8.75. The zero-order valence-electron chi connectivity index (χ0n) is 10.4. The number of carboxylic acid groups (broad SMARTS) is 1. The lowest BCUT2D eigenvalue weighted by Crippen LogP contribution is -2.28. The Balaban J connectivity index is 1.88. The van der Waals surface area contributed by atoms with E-state index >= 15 is 0 Å². The van der Waals surface area contributed by atoms with Gasteiger partial charge in [-0.2, -0.15) is 0 Å². The first kappa shape index (κ1) is 11.7. The van der Waals surface area contributed by atoms with Gasteiger partial charge in [-0.1, -0.05) is 0 Å². The molecule has 0 amide bonds. The summed E-state index contributed by atoms with van der Waals surface area (Å²) in [6.45, 7) is 2.96. The minimum Gasteiger partial charge on any atom is -0.481 e. The minimum atomic E-state index is -0.741. The Bertz CT molecular complexity index is 449. The normalized spacial score (nSPS) is 27.8. The summed E-state index contributed by atoms with van der Waals surface area (Å²) in [7, 11) is 0. The number of imidazole rings is 1. The number of fused-ring (bicyclic) bond motifs is 1. The molecule has 18 heavy (non-hydrogen) atoms. The molecular weight excluding hydrogens is 230 g/mol. The van der Waals surface area contributed by atoms with Crippen LogP contribution in [0.2, 0.25) is 0 Å². The van der Waals surface area contributed by atoms with Gasteiger partial charge in [0.05, 0.1) is 5.69 Å². The Hall–Kier alpha value is -1.36. The molecule has 1 aromatic heterocycles. The summed E-state index contributed by atoms with van der Waals surface area (Å²) in [5, 5.41) is 12.6. The topological polar surface area (TPSA) is 67.2 Å². The van der Waals surface area contributed by atoms with Gasteiger partial charge < -0.3 is 15.0 Å². The maximum absolute atomic E-state index is 11.2. The third-order valence-electron chi connectivity index (χ3n) is 4.04. The molecule has 5 heteroatoms. The lowest BCUT2D eigenvalue weighted by molar-refractivity contribution is -0.139. The van der Waals surface area contributed by atoms with Gasteiger partial charge in [0.15, 0.2) is 0 Å². The van der Waals surface area contributed by atoms with E-state index in [1.807, 2.05) is 4.57 Å². The second-order valence-electron chi connectivity index (χ2n) is 5.29. The van der Waals surface area contributed by atoms with Crippen molar-refractivity contribution >= 4 is 5.97 Å². The number of nitrogens with one attached hydrogen (secondary N) is 1. The Labute approximate surface area is 106 Å². The molecule has 2 aliphatic rings. The summed E-state index contributed by atoms with van der Waals surface area (Å²) in [4.78, 5) is 15.9. The summed E-state index contributed by atoms with van der Waals surface area (Å²) >= 11 is 0. The number of carboxylic acids is 1. The molecule has 0 aliphatic carbocycles. The predicted molar refractivity (Wildman–Crippen MR) is 66.7 cm³/mol. The maximum atomic E-state index is 11.2. The van der Waals surface area contributed by atoms with Crippen LogP contribution < -0.4 is 5.32 Å². The Kier molecular flexibility index (Phi) is 3.07. The van der Waals surface area contributed by atoms with Gasteiger partial charge in [-0.15, -0.1) is 0 Å². The number of hydrogen-bond acceptors (Lipinski definition) is 3. The number of aliphatic carboxylic acids is 1. The van der Waals surface area contributed by atoms with Crippen LogP contribution in [0.5, 0.6) is 0 Å². The number of nitrogens with zero attached hydrogens (tertiary/aromatic N) is 2. The van der Waals surface area contributed by atoms with E-state index in [1.54, 1.807) is 0 Å². The highest BCUT2D eigenvalue weighted by Gasteiger charge is 2.30. The quantitative estimate of drug-likeness (QED) is 0.829. The fourth-order valence-corrected chi connectivity index (χ4v) is 3.04. The van der Waals surface area contributed by atoms with E-state index in [4.69, 9.17) is 0 Å². The zero-order chi connectivity index (χ0) is 12.5. The molecule has 3 heterocycles. The smallest absolute Gasteiger partial charge is 0.314 e. The van der Waals surface area contributed by atoms with Crippen molar-refractivity contribution in [2.75, 3.05) is 13.1 Å². The van der Waals surface area contributed by atoms with Crippen LogP contribution in [0.25, 0.3) is 0 Å². The minimum absolute atomic E-state index is 0.413. The first-order valence-electron chi connectivity index (χ1n) is 6.76. The molecule has 0 spiro atoms. The summed E-state index contributed by atoms with van der Waals surface area (Å²) in [5.41, 5.74) is 1.07. The van der Waals surface area contributed by atoms with Crippen molar-refractivity contribution in [3.8, 4) is 0 Å². The van der Waals surface area contributed by atoms with Crippen molar-refractivity contribution in [3.63, 3.8) is 0 Å². The molecule has 1 aromatic rings. The molecule has 2 atom stereocenters. The summed E-state index contributed by atoms with van der Waals surface area (Å²) in [6.07, 6.45) is 6.05. The van der Waals surface area contributed by atoms with Gasteiger partial charge in [0.25, 0.3) is 0 Å². The highest BCUT2D eigenvalue weighted by molar-refractivity contribution is 5.75. The fourth-order valence-electron chi connectivity index (χ4n) is 3.04. The molecule has 5 nitrogen and oxygen atoms in total. The van der Waals surface area contributed by atoms with Crippen LogP contribution >= 0.6 is 0 Å². The second-order valence-corrected chi connectivity index (χ2v) is 5.29. The molecule has 0 aromatic carbocycles. The highest BCUT2D eigenvalue weighted by Crippen LogP contribution is 2.30. The van der Waals surface area contributed by atoms with Crippen molar-refractivity contribution in [2.24, 2.45) is 0 Å². The summed E-state index contributed by atoms with van der Waals surface area (Å²) in [5.74, 6) is 0.0551. The fraction of sp³-hybridized carbons (Fsp3) is 0.692. The number of aryl methyl sites for hydroxylation is 1. The molecule has 3 rings (SSSR count). The molecule has 2 aliphatic heterocycles. The van der Waals surface area contributed by atoms with Crippen molar-refractivity contribution in [3.05, 3.63) is 17.7 Å². The van der Waals surface area contributed by atoms with Gasteiger partial charge in [0.2, 0.25) is 0 Å². The van der Waals surface area contributed by atoms with E-state index in [9.17, 15) is 9.90 Å². The van der Waals surface area contributed by atoms with E-state index < -0.39 is 11.9 Å². The number of aromatic nitrogens is 2. The lowest BCUT2D eigenvalue weighted by atomic mass is 9.97. The van der Waals surface area contributed by atoms with Gasteiger partial charge in [0, 0.05) is 25.2 Å². The van der Waals surface area contributed by atoms with E-state index in [0.29, 0.717) is 12.3 Å². The van der Waals surface area contributed by atoms with Gasteiger partial charge in [-0.25, -0.2) is 4.98 Å². The van der Waals surface area contributed by atoms with Crippen molar-refractivity contribution in [2.45, 2.75) is 44.1 Å². The van der Waals surface area contributed by atoms with Crippen LogP contribution in [-0.4, -0.2) is 33.7 Å². The van der Waals surface area contributed by atoms with Crippen LogP contribution in [0.15, 0.2) is 6.20 Å². The van der Waals surface area contributed by atoms with Gasteiger partial charge in [-0.05, 0) is 32.2 Å². The average molecular weight is 249 g/mol. The maximum Gasteiger partial charge on any atom is 0.314 e. The monoisotopic (exact) mass is 249 g/mol. The van der Waals surface area contributed by atoms with Crippen molar-refractivity contribution < 1.29 is 9.90 Å². The third kappa shape index (κ3) is 2.03. The molecule has 98 valence electrons. The first-order valence-corrected chi connectivity index (χ1v) is 6.76. The van der Waals surface area contributed by atoms with E-state index in [0.717, 1.165) is 44.0 Å². The van der Waals surface area contributed by atoms with E-state index in [2.05, 4.69) is 16.5 Å². The van der Waals surface area contributed by atoms with Gasteiger partial charge >= 0.3 is 5.97 Å². The van der Waals surface area contributed by atoms with Crippen LogP contribution in [0, 0.1) is 0 Å². The Morgan fingerprint density at radius 3 is 3.06 bits per heavy atom. The standard InChI is InChI=1S/C13H19N3O2/c17-13(18)10-4-2-6-16-8-11(15-12(10)16)9-3-1-5-14-7-9/h8-10,14H,1-7H2,(H,17,18). The van der Waals surface area contributed by atoms with Crippen LogP contribution in [-0.2, 0) is 11.3 Å². The SMILES string of the molecule is O=C(O)C1CCCn2cc(C3CCCNC3)nc21. The molecule has 2 N–H and O–H groups in total. The molecule has 0 radical (unpaired) electrons. The largest absolute Gasteiger partial charge is 0.481 e. The van der Waals surface area contributed by atoms with Gasteiger partial charge in [-0.3, -0.25) is 4.79 Å². The molecule has 0 bridgehead atoms. The lowest BCUT2D eigenvalue weighted by Gasteiger charge is -2.20. The summed E-state index contributed by atoms with van der Waals surface area (Å²) < 4.78 is 2.05. The van der Waals surface area contributed by atoms with Crippen molar-refractivity contribution in [1.29, 1.82) is 0 Å². The molecule has 1 saturated heterocycles.